The van der Waals surface area contributed by atoms with Crippen LogP contribution in [-0.2, 0) is 0 Å². The van der Waals surface area contributed by atoms with E-state index in [1.807, 2.05) is 18.2 Å². The summed E-state index contributed by atoms with van der Waals surface area (Å²) in [6.45, 7) is 0. The highest BCUT2D eigenvalue weighted by molar-refractivity contribution is 6.35. The molecule has 2 N–H and O–H groups in total. The van der Waals surface area contributed by atoms with Crippen molar-refractivity contribution in [3.8, 4) is 22.8 Å². The van der Waals surface area contributed by atoms with Gasteiger partial charge in [-0.25, -0.2) is 0 Å². The number of benzene rings is 2. The number of nitrogens with zero attached hydrogens (tertiary/aromatic N) is 2. The second-order valence-electron chi connectivity index (χ2n) is 4.13. The van der Waals surface area contributed by atoms with E-state index < -0.39 is 0 Å². The number of nitrogens with two attached hydrogens (primary N) is 1. The summed E-state index contributed by atoms with van der Waals surface area (Å²) < 4.78 is 5.24. The first kappa shape index (κ1) is 13.0. The molecule has 0 saturated carbocycles. The summed E-state index contributed by atoms with van der Waals surface area (Å²) in [4.78, 5) is 4.31. The third-order valence-corrected chi connectivity index (χ3v) is 3.35. The molecular formula is C14H9Cl2N3O. The van der Waals surface area contributed by atoms with Gasteiger partial charge in [-0.1, -0.05) is 40.5 Å². The highest BCUT2D eigenvalue weighted by Gasteiger charge is 2.15. The molecule has 3 aromatic rings. The van der Waals surface area contributed by atoms with E-state index in [1.165, 1.54) is 0 Å². The molecule has 3 rings (SSSR count). The lowest BCUT2D eigenvalue weighted by Gasteiger charge is -1.99. The Hall–Kier alpha value is -2.04. The number of hydrogen-bond acceptors (Lipinski definition) is 4. The monoisotopic (exact) mass is 305 g/mol. The lowest BCUT2D eigenvalue weighted by Crippen LogP contribution is -1.90. The zero-order valence-electron chi connectivity index (χ0n) is 10.2. The molecule has 0 fully saturated rings. The van der Waals surface area contributed by atoms with Crippen molar-refractivity contribution in [1.82, 2.24) is 10.1 Å². The number of halogens is 2. The fourth-order valence-corrected chi connectivity index (χ4v) is 2.17. The van der Waals surface area contributed by atoms with Crippen molar-refractivity contribution in [2.75, 3.05) is 5.73 Å². The van der Waals surface area contributed by atoms with Crippen LogP contribution in [0.3, 0.4) is 0 Å². The number of anilines is 1. The van der Waals surface area contributed by atoms with Crippen molar-refractivity contribution >= 4 is 28.9 Å². The Labute approximate surface area is 125 Å². The van der Waals surface area contributed by atoms with Crippen molar-refractivity contribution in [1.29, 1.82) is 0 Å². The van der Waals surface area contributed by atoms with Gasteiger partial charge in [0.2, 0.25) is 5.82 Å². The zero-order chi connectivity index (χ0) is 14.1. The number of aromatic nitrogens is 2. The van der Waals surface area contributed by atoms with Gasteiger partial charge in [0.25, 0.3) is 5.89 Å². The first-order valence-corrected chi connectivity index (χ1v) is 6.55. The van der Waals surface area contributed by atoms with Crippen LogP contribution in [0, 0.1) is 0 Å². The first-order chi connectivity index (χ1) is 9.65. The second kappa shape index (κ2) is 5.15. The molecule has 0 amide bonds. The molecular weight excluding hydrogens is 297 g/mol. The maximum Gasteiger partial charge on any atom is 0.259 e. The fraction of sp³-hybridized carbons (Fsp3) is 0. The Morgan fingerprint density at radius 3 is 2.60 bits per heavy atom. The summed E-state index contributed by atoms with van der Waals surface area (Å²) >= 11 is 12.1. The van der Waals surface area contributed by atoms with Crippen molar-refractivity contribution < 1.29 is 4.52 Å². The highest BCUT2D eigenvalue weighted by Crippen LogP contribution is 2.31. The minimum absolute atomic E-state index is 0.302. The van der Waals surface area contributed by atoms with Crippen molar-refractivity contribution in [2.24, 2.45) is 0 Å². The van der Waals surface area contributed by atoms with E-state index in [0.717, 1.165) is 0 Å². The number of hydrogen-bond donors (Lipinski definition) is 1. The Kier molecular flexibility index (Phi) is 3.34. The van der Waals surface area contributed by atoms with E-state index in [4.69, 9.17) is 33.5 Å². The molecule has 20 heavy (non-hydrogen) atoms. The van der Waals surface area contributed by atoms with E-state index in [1.54, 1.807) is 24.3 Å². The van der Waals surface area contributed by atoms with Gasteiger partial charge in [-0.05, 0) is 30.3 Å². The van der Waals surface area contributed by atoms with Crippen LogP contribution in [0.2, 0.25) is 10.0 Å². The van der Waals surface area contributed by atoms with Gasteiger partial charge in [-0.3, -0.25) is 0 Å². The minimum Gasteiger partial charge on any atom is -0.398 e. The van der Waals surface area contributed by atoms with Crippen molar-refractivity contribution in [3.63, 3.8) is 0 Å². The van der Waals surface area contributed by atoms with Gasteiger partial charge in [0, 0.05) is 16.3 Å². The summed E-state index contributed by atoms with van der Waals surface area (Å²) in [5.41, 5.74) is 7.77. The van der Waals surface area contributed by atoms with Gasteiger partial charge in [0.05, 0.1) is 10.6 Å². The molecule has 0 aliphatic heterocycles. The molecule has 4 nitrogen and oxygen atoms in total. The molecule has 0 radical (unpaired) electrons. The van der Waals surface area contributed by atoms with Crippen LogP contribution in [0.15, 0.2) is 47.0 Å². The molecule has 1 aromatic heterocycles. The maximum atomic E-state index is 6.11. The molecule has 0 spiro atoms. The SMILES string of the molecule is Nc1ccccc1-c1noc(-c2cc(Cl)ccc2Cl)n1. The summed E-state index contributed by atoms with van der Waals surface area (Å²) in [5, 5.41) is 4.96. The van der Waals surface area contributed by atoms with E-state index in [2.05, 4.69) is 10.1 Å². The Morgan fingerprint density at radius 2 is 1.80 bits per heavy atom. The van der Waals surface area contributed by atoms with Gasteiger partial charge >= 0.3 is 0 Å². The topological polar surface area (TPSA) is 64.9 Å². The highest BCUT2D eigenvalue weighted by atomic mass is 35.5. The maximum absolute atomic E-state index is 6.11. The molecule has 0 atom stereocenters. The van der Waals surface area contributed by atoms with Crippen LogP contribution in [0.25, 0.3) is 22.8 Å². The third-order valence-electron chi connectivity index (χ3n) is 2.79. The Morgan fingerprint density at radius 1 is 1.00 bits per heavy atom. The molecule has 1 heterocycles. The van der Waals surface area contributed by atoms with Crippen molar-refractivity contribution in [2.45, 2.75) is 0 Å². The second-order valence-corrected chi connectivity index (χ2v) is 4.98. The largest absolute Gasteiger partial charge is 0.398 e. The van der Waals surface area contributed by atoms with Gasteiger partial charge in [0.1, 0.15) is 0 Å². The molecule has 0 saturated heterocycles. The zero-order valence-corrected chi connectivity index (χ0v) is 11.7. The fourth-order valence-electron chi connectivity index (χ4n) is 1.80. The molecule has 100 valence electrons. The minimum atomic E-state index is 0.302. The first-order valence-electron chi connectivity index (χ1n) is 5.79. The lowest BCUT2D eigenvalue weighted by molar-refractivity contribution is 0.432. The van der Waals surface area contributed by atoms with Crippen LogP contribution in [0.1, 0.15) is 0 Å². The van der Waals surface area contributed by atoms with Crippen molar-refractivity contribution in [3.05, 3.63) is 52.5 Å². The smallest absolute Gasteiger partial charge is 0.259 e. The van der Waals surface area contributed by atoms with Gasteiger partial charge in [-0.15, -0.1) is 0 Å². The molecule has 6 heteroatoms. The van der Waals surface area contributed by atoms with Crippen LogP contribution in [-0.4, -0.2) is 10.1 Å². The van der Waals surface area contributed by atoms with Crippen LogP contribution in [0.4, 0.5) is 5.69 Å². The number of nitrogen functional groups attached to an aromatic ring is 1. The average molecular weight is 306 g/mol. The third kappa shape index (κ3) is 2.35. The number of rotatable bonds is 2. The quantitative estimate of drug-likeness (QED) is 0.717. The molecule has 0 aliphatic carbocycles. The standard InChI is InChI=1S/C14H9Cl2N3O/c15-8-5-6-11(16)10(7-8)14-18-13(19-20-14)9-3-1-2-4-12(9)17/h1-7H,17H2. The van der Waals surface area contributed by atoms with Gasteiger partial charge in [0.15, 0.2) is 0 Å². The predicted octanol–water partition coefficient (Wildman–Crippen LogP) is 4.29. The molecule has 2 aromatic carbocycles. The summed E-state index contributed by atoms with van der Waals surface area (Å²) in [6, 6.07) is 12.3. The Bertz CT molecular complexity index is 771. The van der Waals surface area contributed by atoms with Gasteiger partial charge < -0.3 is 10.3 Å². The van der Waals surface area contributed by atoms with E-state index in [0.29, 0.717) is 38.6 Å². The van der Waals surface area contributed by atoms with Crippen LogP contribution < -0.4 is 5.73 Å². The van der Waals surface area contributed by atoms with E-state index in [9.17, 15) is 0 Å². The van der Waals surface area contributed by atoms with Crippen LogP contribution >= 0.6 is 23.2 Å². The molecule has 0 unspecified atom stereocenters. The van der Waals surface area contributed by atoms with E-state index >= 15 is 0 Å². The molecule has 0 bridgehead atoms. The normalized spacial score (nSPS) is 10.7. The predicted molar refractivity (Wildman–Crippen MR) is 79.6 cm³/mol. The van der Waals surface area contributed by atoms with Gasteiger partial charge in [-0.2, -0.15) is 4.98 Å². The Balaban J connectivity index is 2.07. The van der Waals surface area contributed by atoms with Crippen LogP contribution in [0.5, 0.6) is 0 Å². The summed E-state index contributed by atoms with van der Waals surface area (Å²) in [5.74, 6) is 0.713. The van der Waals surface area contributed by atoms with E-state index in [-0.39, 0.29) is 0 Å². The number of para-hydroxylation sites is 1. The summed E-state index contributed by atoms with van der Waals surface area (Å²) in [7, 11) is 0. The molecule has 0 aliphatic rings. The lowest BCUT2D eigenvalue weighted by atomic mass is 10.1. The average Bonchev–Trinajstić information content (AvgIpc) is 2.91. The summed E-state index contributed by atoms with van der Waals surface area (Å²) in [6.07, 6.45) is 0.